The Bertz CT molecular complexity index is 1210. The second-order valence-electron chi connectivity index (χ2n) is 9.07. The number of para-hydroxylation sites is 1. The quantitative estimate of drug-likeness (QED) is 0.492. The Labute approximate surface area is 215 Å². The molecule has 2 aromatic carbocycles. The summed E-state index contributed by atoms with van der Waals surface area (Å²) in [5.74, 6) is 0.263. The Kier molecular flexibility index (Phi) is 8.20. The van der Waals surface area contributed by atoms with E-state index in [9.17, 15) is 14.4 Å². The maximum atomic E-state index is 13.3. The number of aliphatic imine (C=N–C) groups is 2. The number of nitrogens with one attached hydrogen (secondary N) is 2. The van der Waals surface area contributed by atoms with Crippen LogP contribution in [0.15, 0.2) is 58.5 Å². The average molecular weight is 506 g/mol. The number of rotatable bonds is 9. The minimum atomic E-state index is -0.813. The number of thioether (sulfide) groups is 1. The first kappa shape index (κ1) is 25.6. The van der Waals surface area contributed by atoms with Crippen LogP contribution >= 0.6 is 11.8 Å². The van der Waals surface area contributed by atoms with Gasteiger partial charge in [-0.1, -0.05) is 63.2 Å². The van der Waals surface area contributed by atoms with Crippen LogP contribution in [0.3, 0.4) is 0 Å². The fourth-order valence-corrected chi connectivity index (χ4v) is 4.76. The summed E-state index contributed by atoms with van der Waals surface area (Å²) in [6.45, 7) is 6.87. The third kappa shape index (κ3) is 5.84. The SMILES string of the molecule is CCCCNC(=O)C[C@H]1N=C2c3ccccc3N=C(SCC(=O)Nc3ccc(C(C)C)cc3)N2C1=O. The summed E-state index contributed by atoms with van der Waals surface area (Å²) in [5.41, 5.74) is 3.33. The molecule has 2 aliphatic rings. The summed E-state index contributed by atoms with van der Waals surface area (Å²) >= 11 is 1.18. The molecule has 1 atom stereocenters. The lowest BCUT2D eigenvalue weighted by Gasteiger charge is -2.25. The number of carbonyl (C=O) groups is 3. The first-order valence-corrected chi connectivity index (χ1v) is 13.2. The largest absolute Gasteiger partial charge is 0.356 e. The smallest absolute Gasteiger partial charge is 0.259 e. The zero-order valence-corrected chi connectivity index (χ0v) is 21.6. The van der Waals surface area contributed by atoms with E-state index in [1.807, 2.05) is 48.5 Å². The molecule has 0 radical (unpaired) electrons. The molecular formula is C27H31N5O3S. The molecule has 0 unspecified atom stereocenters. The van der Waals surface area contributed by atoms with Crippen LogP contribution in [0.25, 0.3) is 0 Å². The number of anilines is 1. The van der Waals surface area contributed by atoms with Gasteiger partial charge in [0.1, 0.15) is 11.9 Å². The van der Waals surface area contributed by atoms with Crippen LogP contribution in [0.5, 0.6) is 0 Å². The van der Waals surface area contributed by atoms with Gasteiger partial charge in [0, 0.05) is 17.8 Å². The summed E-state index contributed by atoms with van der Waals surface area (Å²) in [5, 5.41) is 6.13. The first-order valence-electron chi connectivity index (χ1n) is 12.3. The number of benzene rings is 2. The second-order valence-corrected chi connectivity index (χ2v) is 10.0. The highest BCUT2D eigenvalue weighted by Crippen LogP contribution is 2.34. The van der Waals surface area contributed by atoms with Gasteiger partial charge >= 0.3 is 0 Å². The summed E-state index contributed by atoms with van der Waals surface area (Å²) in [6, 6.07) is 14.4. The van der Waals surface area contributed by atoms with Crippen LogP contribution in [-0.2, 0) is 14.4 Å². The summed E-state index contributed by atoms with van der Waals surface area (Å²) in [4.78, 5) is 49.0. The van der Waals surface area contributed by atoms with Crippen LogP contribution in [0.4, 0.5) is 11.4 Å². The number of amidine groups is 2. The van der Waals surface area contributed by atoms with Crippen molar-refractivity contribution in [3.05, 3.63) is 59.7 Å². The Balaban J connectivity index is 1.45. The van der Waals surface area contributed by atoms with E-state index < -0.39 is 6.04 Å². The molecule has 2 aliphatic heterocycles. The molecule has 0 bridgehead atoms. The van der Waals surface area contributed by atoms with Crippen molar-refractivity contribution in [2.24, 2.45) is 9.98 Å². The number of amides is 3. The van der Waals surface area contributed by atoms with Gasteiger partial charge in [-0.05, 0) is 42.2 Å². The van der Waals surface area contributed by atoms with Gasteiger partial charge in [0.15, 0.2) is 5.17 Å². The van der Waals surface area contributed by atoms with Crippen molar-refractivity contribution >= 4 is 51.9 Å². The van der Waals surface area contributed by atoms with E-state index in [2.05, 4.69) is 41.4 Å². The van der Waals surface area contributed by atoms with Crippen LogP contribution in [0.2, 0.25) is 0 Å². The summed E-state index contributed by atoms with van der Waals surface area (Å²) in [6.07, 6.45) is 1.84. The molecule has 2 N–H and O–H groups in total. The lowest BCUT2D eigenvalue weighted by Crippen LogP contribution is -2.42. The molecule has 3 amide bonds. The molecule has 188 valence electrons. The molecule has 4 rings (SSSR count). The molecule has 0 saturated heterocycles. The van der Waals surface area contributed by atoms with Crippen molar-refractivity contribution in [1.29, 1.82) is 0 Å². The summed E-state index contributed by atoms with van der Waals surface area (Å²) in [7, 11) is 0. The van der Waals surface area contributed by atoms with Gasteiger partial charge < -0.3 is 10.6 Å². The fourth-order valence-electron chi connectivity index (χ4n) is 3.96. The van der Waals surface area contributed by atoms with E-state index in [4.69, 9.17) is 0 Å². The number of fused-ring (bicyclic) bond motifs is 3. The second kappa shape index (κ2) is 11.5. The molecule has 36 heavy (non-hydrogen) atoms. The molecular weight excluding hydrogens is 474 g/mol. The highest BCUT2D eigenvalue weighted by atomic mass is 32.2. The molecule has 9 heteroatoms. The Morgan fingerprint density at radius 3 is 2.56 bits per heavy atom. The minimum Gasteiger partial charge on any atom is -0.356 e. The van der Waals surface area contributed by atoms with Crippen molar-refractivity contribution in [3.63, 3.8) is 0 Å². The lowest BCUT2D eigenvalue weighted by molar-refractivity contribution is -0.128. The van der Waals surface area contributed by atoms with Crippen molar-refractivity contribution < 1.29 is 14.4 Å². The predicted octanol–water partition coefficient (Wildman–Crippen LogP) is 4.45. The first-order chi connectivity index (χ1) is 17.4. The van der Waals surface area contributed by atoms with Crippen LogP contribution in [0.1, 0.15) is 57.1 Å². The molecule has 0 spiro atoms. The number of hydrogen-bond donors (Lipinski definition) is 2. The van der Waals surface area contributed by atoms with E-state index in [-0.39, 0.29) is 29.9 Å². The Morgan fingerprint density at radius 1 is 1.08 bits per heavy atom. The molecule has 0 fully saturated rings. The van der Waals surface area contributed by atoms with Crippen molar-refractivity contribution in [3.8, 4) is 0 Å². The Hall–Kier alpha value is -3.46. The highest BCUT2D eigenvalue weighted by molar-refractivity contribution is 8.14. The minimum absolute atomic E-state index is 0.0183. The van der Waals surface area contributed by atoms with E-state index in [0.717, 1.165) is 24.1 Å². The lowest BCUT2D eigenvalue weighted by atomic mass is 10.0. The molecule has 0 saturated carbocycles. The fraction of sp³-hybridized carbons (Fsp3) is 0.370. The van der Waals surface area contributed by atoms with E-state index >= 15 is 0 Å². The number of carbonyl (C=O) groups excluding carboxylic acids is 3. The molecule has 8 nitrogen and oxygen atoms in total. The standard InChI is InChI=1S/C27H31N5O3S/c1-4-5-14-28-23(33)15-22-26(35)32-25(30-22)20-8-6-7-9-21(20)31-27(32)36-16-24(34)29-19-12-10-18(11-13-19)17(2)3/h6-13,17,22H,4-5,14-16H2,1-3H3,(H,28,33)(H,29,34)/t22-/m1/s1. The Morgan fingerprint density at radius 2 is 1.83 bits per heavy atom. The van der Waals surface area contributed by atoms with Gasteiger partial charge in [0.2, 0.25) is 11.8 Å². The average Bonchev–Trinajstić information content (AvgIpc) is 3.19. The molecule has 0 aromatic heterocycles. The molecule has 2 aromatic rings. The predicted molar refractivity (Wildman–Crippen MR) is 145 cm³/mol. The van der Waals surface area contributed by atoms with Crippen molar-refractivity contribution in [2.75, 3.05) is 17.6 Å². The van der Waals surface area contributed by atoms with Gasteiger partial charge in [0.25, 0.3) is 5.91 Å². The van der Waals surface area contributed by atoms with E-state index in [1.165, 1.54) is 22.2 Å². The van der Waals surface area contributed by atoms with Crippen molar-refractivity contribution in [1.82, 2.24) is 10.2 Å². The van der Waals surface area contributed by atoms with E-state index in [0.29, 0.717) is 29.2 Å². The summed E-state index contributed by atoms with van der Waals surface area (Å²) < 4.78 is 0. The van der Waals surface area contributed by atoms with Crippen LogP contribution < -0.4 is 10.6 Å². The van der Waals surface area contributed by atoms with E-state index in [1.54, 1.807) is 0 Å². The van der Waals surface area contributed by atoms with Gasteiger partial charge in [-0.15, -0.1) is 0 Å². The zero-order valence-electron chi connectivity index (χ0n) is 20.8. The zero-order chi connectivity index (χ0) is 25.7. The maximum absolute atomic E-state index is 13.3. The van der Waals surface area contributed by atoms with Gasteiger partial charge in [-0.25, -0.2) is 9.89 Å². The maximum Gasteiger partial charge on any atom is 0.259 e. The highest BCUT2D eigenvalue weighted by Gasteiger charge is 2.42. The third-order valence-corrected chi connectivity index (χ3v) is 6.91. The normalized spacial score (nSPS) is 16.3. The van der Waals surface area contributed by atoms with Gasteiger partial charge in [-0.3, -0.25) is 19.4 Å². The number of hydrogen-bond acceptors (Lipinski definition) is 6. The molecule has 2 heterocycles. The van der Waals surface area contributed by atoms with Gasteiger partial charge in [0.05, 0.1) is 17.9 Å². The number of nitrogens with zero attached hydrogens (tertiary/aromatic N) is 3. The van der Waals surface area contributed by atoms with Crippen LogP contribution in [-0.4, -0.2) is 52.0 Å². The van der Waals surface area contributed by atoms with Crippen molar-refractivity contribution in [2.45, 2.75) is 52.0 Å². The molecule has 0 aliphatic carbocycles. The monoisotopic (exact) mass is 505 g/mol. The topological polar surface area (TPSA) is 103 Å². The van der Waals surface area contributed by atoms with Crippen LogP contribution in [0, 0.1) is 0 Å². The third-order valence-electron chi connectivity index (χ3n) is 5.97. The number of unbranched alkanes of at least 4 members (excludes halogenated alkanes) is 1. The van der Waals surface area contributed by atoms with Gasteiger partial charge in [-0.2, -0.15) is 0 Å².